The van der Waals surface area contributed by atoms with Crippen LogP contribution in [0, 0.1) is 11.6 Å². The number of hydrogen-bond acceptors (Lipinski definition) is 3. The van der Waals surface area contributed by atoms with E-state index >= 15 is 0 Å². The zero-order valence-electron chi connectivity index (χ0n) is 11.8. The number of carbonyl (C=O) groups is 2. The van der Waals surface area contributed by atoms with Crippen molar-refractivity contribution in [3.8, 4) is 0 Å². The monoisotopic (exact) mass is 331 g/mol. The van der Waals surface area contributed by atoms with E-state index in [0.717, 1.165) is 16.7 Å². The summed E-state index contributed by atoms with van der Waals surface area (Å²) in [5.41, 5.74) is 1.16. The molecule has 0 aliphatic carbocycles. The number of amides is 2. The molecule has 2 aromatic carbocycles. The van der Waals surface area contributed by atoms with Crippen molar-refractivity contribution in [3.05, 3.63) is 76.2 Å². The van der Waals surface area contributed by atoms with E-state index < -0.39 is 17.0 Å². The molecule has 0 atom stereocenters. The van der Waals surface area contributed by atoms with E-state index in [2.05, 4.69) is 0 Å². The predicted octanol–water partition coefficient (Wildman–Crippen LogP) is 4.20. The number of nitrogens with zero attached hydrogens (tertiary/aromatic N) is 1. The molecule has 1 fully saturated rings. The van der Waals surface area contributed by atoms with E-state index in [1.54, 1.807) is 6.07 Å². The van der Waals surface area contributed by atoms with Crippen LogP contribution in [-0.4, -0.2) is 16.0 Å². The molecule has 0 saturated carbocycles. The van der Waals surface area contributed by atoms with Gasteiger partial charge >= 0.3 is 0 Å². The van der Waals surface area contributed by atoms with Crippen molar-refractivity contribution in [2.24, 2.45) is 0 Å². The molecule has 1 aliphatic heterocycles. The third kappa shape index (κ3) is 3.48. The van der Waals surface area contributed by atoms with E-state index in [4.69, 9.17) is 0 Å². The van der Waals surface area contributed by atoms with Crippen molar-refractivity contribution in [2.75, 3.05) is 0 Å². The standard InChI is InChI=1S/C17H11F2NO2S/c18-13-6-4-11(5-7-13)10-20-16(21)15(23-17(20)22)9-12-2-1-3-14(19)8-12/h1-9H,10H2/b15-9+. The van der Waals surface area contributed by atoms with Crippen LogP contribution in [0.15, 0.2) is 53.4 Å². The van der Waals surface area contributed by atoms with Gasteiger partial charge in [0.2, 0.25) is 0 Å². The highest BCUT2D eigenvalue weighted by Gasteiger charge is 2.34. The Balaban J connectivity index is 1.81. The van der Waals surface area contributed by atoms with Crippen LogP contribution in [0.4, 0.5) is 13.6 Å². The van der Waals surface area contributed by atoms with Gasteiger partial charge < -0.3 is 0 Å². The molecule has 2 amide bonds. The van der Waals surface area contributed by atoms with Crippen molar-refractivity contribution in [2.45, 2.75) is 6.54 Å². The second-order valence-electron chi connectivity index (χ2n) is 4.95. The lowest BCUT2D eigenvalue weighted by Gasteiger charge is -2.12. The average Bonchev–Trinajstić information content (AvgIpc) is 2.77. The normalized spacial score (nSPS) is 16.4. The van der Waals surface area contributed by atoms with Crippen LogP contribution in [0.25, 0.3) is 6.08 Å². The molecule has 0 N–H and O–H groups in total. The van der Waals surface area contributed by atoms with Crippen LogP contribution in [0.3, 0.4) is 0 Å². The number of rotatable bonds is 3. The highest BCUT2D eigenvalue weighted by Crippen LogP contribution is 2.33. The highest BCUT2D eigenvalue weighted by atomic mass is 32.2. The number of carbonyl (C=O) groups excluding carboxylic acids is 2. The molecule has 23 heavy (non-hydrogen) atoms. The Morgan fingerprint density at radius 1 is 1.00 bits per heavy atom. The Hall–Kier alpha value is -2.47. The van der Waals surface area contributed by atoms with Crippen LogP contribution < -0.4 is 0 Å². The second-order valence-corrected chi connectivity index (χ2v) is 5.94. The van der Waals surface area contributed by atoms with Crippen molar-refractivity contribution in [1.82, 2.24) is 4.90 Å². The fraction of sp³-hybridized carbons (Fsp3) is 0.0588. The highest BCUT2D eigenvalue weighted by molar-refractivity contribution is 8.18. The van der Waals surface area contributed by atoms with Crippen LogP contribution in [0.1, 0.15) is 11.1 Å². The number of thioether (sulfide) groups is 1. The lowest BCUT2D eigenvalue weighted by molar-refractivity contribution is -0.123. The Bertz CT molecular complexity index is 802. The van der Waals surface area contributed by atoms with Gasteiger partial charge in [-0.05, 0) is 53.2 Å². The molecule has 2 aromatic rings. The lowest BCUT2D eigenvalue weighted by atomic mass is 10.2. The Labute approximate surface area is 135 Å². The third-order valence-corrected chi connectivity index (χ3v) is 4.18. The summed E-state index contributed by atoms with van der Waals surface area (Å²) in [6.07, 6.45) is 1.48. The van der Waals surface area contributed by atoms with Crippen LogP contribution in [-0.2, 0) is 11.3 Å². The quantitative estimate of drug-likeness (QED) is 0.791. The van der Waals surface area contributed by atoms with Gasteiger partial charge in [-0.2, -0.15) is 0 Å². The molecule has 1 aliphatic rings. The fourth-order valence-electron chi connectivity index (χ4n) is 2.16. The molecule has 3 rings (SSSR count). The minimum Gasteiger partial charge on any atom is -0.268 e. The number of imide groups is 1. The molecule has 1 saturated heterocycles. The summed E-state index contributed by atoms with van der Waals surface area (Å²) in [7, 11) is 0. The minimum atomic E-state index is -0.436. The fourth-order valence-corrected chi connectivity index (χ4v) is 2.99. The Morgan fingerprint density at radius 2 is 1.74 bits per heavy atom. The molecular weight excluding hydrogens is 320 g/mol. The molecule has 0 unspecified atom stereocenters. The van der Waals surface area contributed by atoms with Crippen LogP contribution >= 0.6 is 11.8 Å². The Morgan fingerprint density at radius 3 is 2.43 bits per heavy atom. The van der Waals surface area contributed by atoms with Gasteiger partial charge in [0.05, 0.1) is 11.4 Å². The molecular formula is C17H11F2NO2S. The van der Waals surface area contributed by atoms with E-state index in [1.165, 1.54) is 48.5 Å². The maximum Gasteiger partial charge on any atom is 0.293 e. The van der Waals surface area contributed by atoms with E-state index in [1.807, 2.05) is 0 Å². The van der Waals surface area contributed by atoms with Gasteiger partial charge in [0.15, 0.2) is 0 Å². The van der Waals surface area contributed by atoms with E-state index in [0.29, 0.717) is 11.1 Å². The summed E-state index contributed by atoms with van der Waals surface area (Å²) in [6.45, 7) is 0.0748. The topological polar surface area (TPSA) is 37.4 Å². The first kappa shape index (κ1) is 15.4. The van der Waals surface area contributed by atoms with Crippen LogP contribution in [0.2, 0.25) is 0 Å². The summed E-state index contributed by atoms with van der Waals surface area (Å²) in [6, 6.07) is 11.4. The van der Waals surface area contributed by atoms with Gasteiger partial charge in [-0.3, -0.25) is 14.5 Å². The first-order chi connectivity index (χ1) is 11.0. The average molecular weight is 331 g/mol. The van der Waals surface area contributed by atoms with Gasteiger partial charge in [0.25, 0.3) is 11.1 Å². The van der Waals surface area contributed by atoms with Crippen molar-refractivity contribution >= 4 is 29.0 Å². The third-order valence-electron chi connectivity index (χ3n) is 3.27. The lowest BCUT2D eigenvalue weighted by Crippen LogP contribution is -2.27. The predicted molar refractivity (Wildman–Crippen MR) is 84.3 cm³/mol. The first-order valence-corrected chi connectivity index (χ1v) is 7.60. The molecule has 1 heterocycles. The van der Waals surface area contributed by atoms with Gasteiger partial charge in [0, 0.05) is 0 Å². The van der Waals surface area contributed by atoms with Crippen molar-refractivity contribution < 1.29 is 18.4 Å². The number of hydrogen-bond donors (Lipinski definition) is 0. The molecule has 3 nitrogen and oxygen atoms in total. The summed E-state index contributed by atoms with van der Waals surface area (Å²) in [4.78, 5) is 25.7. The van der Waals surface area contributed by atoms with Gasteiger partial charge in [-0.1, -0.05) is 24.3 Å². The smallest absolute Gasteiger partial charge is 0.268 e. The molecule has 6 heteroatoms. The summed E-state index contributed by atoms with van der Waals surface area (Å²) in [5.74, 6) is -1.23. The molecule has 116 valence electrons. The molecule has 0 radical (unpaired) electrons. The summed E-state index contributed by atoms with van der Waals surface area (Å²) < 4.78 is 26.1. The maximum absolute atomic E-state index is 13.2. The van der Waals surface area contributed by atoms with Crippen molar-refractivity contribution in [1.29, 1.82) is 0 Å². The maximum atomic E-state index is 13.2. The van der Waals surface area contributed by atoms with E-state index in [9.17, 15) is 18.4 Å². The molecule has 0 spiro atoms. The van der Waals surface area contributed by atoms with Gasteiger partial charge in [-0.15, -0.1) is 0 Å². The zero-order chi connectivity index (χ0) is 16.4. The first-order valence-electron chi connectivity index (χ1n) is 6.78. The van der Waals surface area contributed by atoms with Gasteiger partial charge in [-0.25, -0.2) is 8.78 Å². The summed E-state index contributed by atoms with van der Waals surface area (Å²) in [5, 5.41) is -0.401. The number of benzene rings is 2. The van der Waals surface area contributed by atoms with Crippen LogP contribution in [0.5, 0.6) is 0 Å². The summed E-state index contributed by atoms with van der Waals surface area (Å²) >= 11 is 0.807. The largest absolute Gasteiger partial charge is 0.293 e. The SMILES string of the molecule is O=C1S/C(=C/c2cccc(F)c2)C(=O)N1Cc1ccc(F)cc1. The zero-order valence-corrected chi connectivity index (χ0v) is 12.6. The molecule has 0 bridgehead atoms. The van der Waals surface area contributed by atoms with E-state index in [-0.39, 0.29) is 17.3 Å². The minimum absolute atomic E-state index is 0.0748. The second kappa shape index (κ2) is 6.34. The van der Waals surface area contributed by atoms with Gasteiger partial charge in [0.1, 0.15) is 11.6 Å². The number of halogens is 2. The Kier molecular flexibility index (Phi) is 4.25. The molecule has 0 aromatic heterocycles. The van der Waals surface area contributed by atoms with Crippen molar-refractivity contribution in [3.63, 3.8) is 0 Å².